The zero-order valence-corrected chi connectivity index (χ0v) is 14.7. The van der Waals surface area contributed by atoms with Gasteiger partial charge < -0.3 is 15.2 Å². The summed E-state index contributed by atoms with van der Waals surface area (Å²) < 4.78 is 5.52. The summed E-state index contributed by atoms with van der Waals surface area (Å²) in [6.07, 6.45) is 0.157. The summed E-state index contributed by atoms with van der Waals surface area (Å²) in [6, 6.07) is 7.49. The van der Waals surface area contributed by atoms with E-state index in [0.717, 1.165) is 21.8 Å². The molecule has 1 aromatic carbocycles. The monoisotopic (exact) mass is 346 g/mol. The maximum Gasteiger partial charge on any atom is 0.226 e. The molecule has 24 heavy (non-hydrogen) atoms. The third kappa shape index (κ3) is 3.66. The molecule has 0 fully saturated rings. The predicted octanol–water partition coefficient (Wildman–Crippen LogP) is 2.56. The van der Waals surface area contributed by atoms with Crippen LogP contribution in [-0.2, 0) is 22.4 Å². The third-order valence-corrected chi connectivity index (χ3v) is 5.25. The zero-order chi connectivity index (χ0) is 17.1. The van der Waals surface area contributed by atoms with Crippen molar-refractivity contribution in [1.29, 1.82) is 0 Å². The van der Waals surface area contributed by atoms with Crippen molar-refractivity contribution in [2.24, 2.45) is 0 Å². The number of nitrogens with zero attached hydrogens (tertiary/aromatic N) is 1. The second-order valence-corrected chi connectivity index (χ2v) is 6.86. The number of aliphatic hydroxyl groups excluding tert-OH is 1. The van der Waals surface area contributed by atoms with E-state index in [2.05, 4.69) is 10.3 Å². The number of fused-ring (bicyclic) bond motifs is 1. The van der Waals surface area contributed by atoms with Crippen LogP contribution in [0.4, 0.5) is 0 Å². The highest BCUT2D eigenvalue weighted by atomic mass is 32.1. The maximum absolute atomic E-state index is 12.3. The van der Waals surface area contributed by atoms with Crippen LogP contribution in [0.15, 0.2) is 29.6 Å². The average Bonchev–Trinajstić information content (AvgIpc) is 3.13. The second kappa shape index (κ2) is 7.42. The SMILES string of the molecule is CCOC(C)c1nc(CC(=O)NC2c3ccccc3CC2O)cs1. The summed E-state index contributed by atoms with van der Waals surface area (Å²) in [5, 5.41) is 15.9. The molecule has 0 spiro atoms. The molecule has 0 saturated heterocycles. The van der Waals surface area contributed by atoms with Crippen molar-refractivity contribution >= 4 is 17.2 Å². The minimum absolute atomic E-state index is 0.0552. The quantitative estimate of drug-likeness (QED) is 0.843. The van der Waals surface area contributed by atoms with Crippen molar-refractivity contribution in [2.75, 3.05) is 6.61 Å². The average molecular weight is 346 g/mol. The van der Waals surface area contributed by atoms with Gasteiger partial charge in [-0.15, -0.1) is 11.3 Å². The van der Waals surface area contributed by atoms with E-state index in [1.54, 1.807) is 0 Å². The van der Waals surface area contributed by atoms with Gasteiger partial charge in [0.2, 0.25) is 5.91 Å². The molecule has 0 aliphatic heterocycles. The van der Waals surface area contributed by atoms with Crippen LogP contribution in [0.1, 0.15) is 47.8 Å². The Morgan fingerprint density at radius 2 is 2.29 bits per heavy atom. The Balaban J connectivity index is 1.62. The van der Waals surface area contributed by atoms with Gasteiger partial charge in [0, 0.05) is 18.4 Å². The van der Waals surface area contributed by atoms with Crippen molar-refractivity contribution in [3.05, 3.63) is 51.5 Å². The van der Waals surface area contributed by atoms with Crippen molar-refractivity contribution in [3.63, 3.8) is 0 Å². The highest BCUT2D eigenvalue weighted by Gasteiger charge is 2.31. The lowest BCUT2D eigenvalue weighted by molar-refractivity contribution is -0.122. The van der Waals surface area contributed by atoms with Crippen LogP contribution in [0.25, 0.3) is 0 Å². The van der Waals surface area contributed by atoms with E-state index in [1.165, 1.54) is 11.3 Å². The number of hydrogen-bond donors (Lipinski definition) is 2. The number of nitrogens with one attached hydrogen (secondary N) is 1. The molecule has 3 unspecified atom stereocenters. The molecule has 6 heteroatoms. The summed E-state index contributed by atoms with van der Waals surface area (Å²) in [6.45, 7) is 4.54. The van der Waals surface area contributed by atoms with Gasteiger partial charge in [-0.05, 0) is 25.0 Å². The van der Waals surface area contributed by atoms with Gasteiger partial charge in [0.1, 0.15) is 11.1 Å². The van der Waals surface area contributed by atoms with Crippen LogP contribution in [0.3, 0.4) is 0 Å². The number of amides is 1. The Kier molecular flexibility index (Phi) is 5.28. The smallest absolute Gasteiger partial charge is 0.226 e. The molecule has 128 valence electrons. The number of hydrogen-bond acceptors (Lipinski definition) is 5. The molecule has 1 aromatic heterocycles. The first-order chi connectivity index (χ1) is 11.6. The molecule has 3 rings (SSSR count). The first-order valence-corrected chi connectivity index (χ1v) is 9.07. The van der Waals surface area contributed by atoms with Gasteiger partial charge in [0.25, 0.3) is 0 Å². The minimum Gasteiger partial charge on any atom is -0.390 e. The van der Waals surface area contributed by atoms with Gasteiger partial charge in [-0.25, -0.2) is 4.98 Å². The summed E-state index contributed by atoms with van der Waals surface area (Å²) >= 11 is 1.51. The van der Waals surface area contributed by atoms with Crippen LogP contribution in [0.5, 0.6) is 0 Å². The molecule has 1 aliphatic carbocycles. The molecule has 2 N–H and O–H groups in total. The molecule has 5 nitrogen and oxygen atoms in total. The van der Waals surface area contributed by atoms with Crippen LogP contribution >= 0.6 is 11.3 Å². The van der Waals surface area contributed by atoms with E-state index in [-0.39, 0.29) is 24.5 Å². The summed E-state index contributed by atoms with van der Waals surface area (Å²) in [5.41, 5.74) is 2.83. The fraction of sp³-hybridized carbons (Fsp3) is 0.444. The van der Waals surface area contributed by atoms with E-state index >= 15 is 0 Å². The Morgan fingerprint density at radius 3 is 3.08 bits per heavy atom. The lowest BCUT2D eigenvalue weighted by atomic mass is 10.1. The van der Waals surface area contributed by atoms with Crippen molar-refractivity contribution in [3.8, 4) is 0 Å². The number of benzene rings is 1. The molecule has 1 amide bonds. The lowest BCUT2D eigenvalue weighted by Gasteiger charge is -2.17. The van der Waals surface area contributed by atoms with E-state index in [0.29, 0.717) is 13.0 Å². The van der Waals surface area contributed by atoms with E-state index in [9.17, 15) is 9.90 Å². The van der Waals surface area contributed by atoms with Crippen molar-refractivity contribution in [2.45, 2.75) is 44.9 Å². The molecule has 2 aromatic rings. The Morgan fingerprint density at radius 1 is 1.50 bits per heavy atom. The number of carbonyl (C=O) groups excluding carboxylic acids is 1. The minimum atomic E-state index is -0.574. The Bertz CT molecular complexity index is 716. The molecule has 1 heterocycles. The number of aromatic nitrogens is 1. The van der Waals surface area contributed by atoms with Crippen molar-refractivity contribution in [1.82, 2.24) is 10.3 Å². The van der Waals surface area contributed by atoms with Gasteiger partial charge in [-0.2, -0.15) is 0 Å². The first-order valence-electron chi connectivity index (χ1n) is 8.19. The van der Waals surface area contributed by atoms with E-state index in [1.807, 2.05) is 43.5 Å². The van der Waals surface area contributed by atoms with Gasteiger partial charge in [-0.3, -0.25) is 4.79 Å². The summed E-state index contributed by atoms with van der Waals surface area (Å²) in [7, 11) is 0. The first kappa shape index (κ1) is 17.1. The number of ether oxygens (including phenoxy) is 1. The van der Waals surface area contributed by atoms with Crippen LogP contribution < -0.4 is 5.32 Å². The van der Waals surface area contributed by atoms with Crippen LogP contribution in [0.2, 0.25) is 0 Å². The Hall–Kier alpha value is -1.76. The predicted molar refractivity (Wildman–Crippen MR) is 92.9 cm³/mol. The van der Waals surface area contributed by atoms with Gasteiger partial charge in [-0.1, -0.05) is 24.3 Å². The maximum atomic E-state index is 12.3. The molecular formula is C18H22N2O3S. The number of rotatable bonds is 6. The van der Waals surface area contributed by atoms with Crippen molar-refractivity contribution < 1.29 is 14.6 Å². The van der Waals surface area contributed by atoms with Crippen LogP contribution in [0, 0.1) is 0 Å². The largest absolute Gasteiger partial charge is 0.390 e. The number of thiazole rings is 1. The molecule has 1 aliphatic rings. The number of carbonyl (C=O) groups is 1. The second-order valence-electron chi connectivity index (χ2n) is 5.97. The van der Waals surface area contributed by atoms with Gasteiger partial charge in [0.05, 0.1) is 24.3 Å². The van der Waals surface area contributed by atoms with E-state index in [4.69, 9.17) is 4.74 Å². The Labute approximate surface area is 145 Å². The normalized spacial score (nSPS) is 20.6. The molecule has 3 atom stereocenters. The third-order valence-electron chi connectivity index (χ3n) is 4.20. The highest BCUT2D eigenvalue weighted by molar-refractivity contribution is 7.09. The molecule has 0 saturated carbocycles. The fourth-order valence-corrected chi connectivity index (χ4v) is 3.87. The molecular weight excluding hydrogens is 324 g/mol. The summed E-state index contributed by atoms with van der Waals surface area (Å²) in [5.74, 6) is -0.128. The van der Waals surface area contributed by atoms with Gasteiger partial charge >= 0.3 is 0 Å². The topological polar surface area (TPSA) is 71.5 Å². The lowest BCUT2D eigenvalue weighted by Crippen LogP contribution is -2.34. The zero-order valence-electron chi connectivity index (χ0n) is 13.9. The standard InChI is InChI=1S/C18H22N2O3S/c1-3-23-11(2)18-19-13(10-24-18)9-16(22)20-17-14-7-5-4-6-12(14)8-15(17)21/h4-7,10-11,15,17,21H,3,8-9H2,1-2H3,(H,20,22). The van der Waals surface area contributed by atoms with Gasteiger partial charge in [0.15, 0.2) is 0 Å². The molecule has 0 bridgehead atoms. The highest BCUT2D eigenvalue weighted by Crippen LogP contribution is 2.31. The fourth-order valence-electron chi connectivity index (χ4n) is 3.05. The van der Waals surface area contributed by atoms with E-state index < -0.39 is 6.10 Å². The summed E-state index contributed by atoms with van der Waals surface area (Å²) in [4.78, 5) is 16.8. The van der Waals surface area contributed by atoms with Crippen LogP contribution in [-0.4, -0.2) is 28.7 Å². The molecule has 0 radical (unpaired) electrons. The number of aliphatic hydroxyl groups is 1.